The topological polar surface area (TPSA) is 63.2 Å². The summed E-state index contributed by atoms with van der Waals surface area (Å²) in [5, 5.41) is 2.23. The van der Waals surface area contributed by atoms with Crippen LogP contribution < -0.4 is 10.4 Å². The fourth-order valence-electron chi connectivity index (χ4n) is 6.65. The van der Waals surface area contributed by atoms with Crippen molar-refractivity contribution in [2.45, 2.75) is 82.2 Å². The van der Waals surface area contributed by atoms with E-state index in [1.165, 1.54) is 10.4 Å². The molecule has 0 bridgehead atoms. The third-order valence-electron chi connectivity index (χ3n) is 8.39. The van der Waals surface area contributed by atoms with Crippen LogP contribution in [0.15, 0.2) is 91.0 Å². The second-order valence-electron chi connectivity index (χ2n) is 12.6. The summed E-state index contributed by atoms with van der Waals surface area (Å²) in [4.78, 5) is 13.0. The number of fused-ring (bicyclic) bond motifs is 1. The fraction of sp³-hybridized carbons (Fsp3) is 0.441. The molecule has 2 aliphatic rings. The van der Waals surface area contributed by atoms with Crippen molar-refractivity contribution < 1.29 is 28.2 Å². The number of ether oxygens (including phenoxy) is 4. The van der Waals surface area contributed by atoms with Crippen molar-refractivity contribution in [3.05, 3.63) is 96.6 Å². The number of hydrogen-bond acceptors (Lipinski definition) is 6. The summed E-state index contributed by atoms with van der Waals surface area (Å²) >= 11 is 0. The Bertz CT molecular complexity index is 1270. The maximum Gasteiger partial charge on any atom is 0.338 e. The molecule has 1 saturated heterocycles. The Hall–Kier alpha value is -2.81. The van der Waals surface area contributed by atoms with Crippen LogP contribution >= 0.6 is 0 Å². The van der Waals surface area contributed by atoms with Crippen molar-refractivity contribution in [2.75, 3.05) is 13.7 Å². The summed E-state index contributed by atoms with van der Waals surface area (Å²) in [6.45, 7) is 11.0. The molecule has 1 heterocycles. The molecule has 0 radical (unpaired) electrons. The first-order chi connectivity index (χ1) is 19.5. The summed E-state index contributed by atoms with van der Waals surface area (Å²) in [6, 6.07) is 30.2. The standard InChI is InChI=1S/C34H42O6Si/c1-32(2,3)41(26-18-12-8-13-19-26,27-20-14-9-15-21-27)37-24-34-23-22-28(38-31(35)25-16-10-7-11-17-25)29(36-6)30(34)39-33(4,5)40-34/h7-21,28-30H,22-24H2,1-6H3/t28-,29-,30+,34+/m1/s1. The van der Waals surface area contributed by atoms with Gasteiger partial charge in [0.05, 0.1) is 12.2 Å². The summed E-state index contributed by atoms with van der Waals surface area (Å²) in [7, 11) is -1.19. The van der Waals surface area contributed by atoms with Crippen molar-refractivity contribution >= 4 is 24.7 Å². The lowest BCUT2D eigenvalue weighted by Gasteiger charge is -2.48. The molecule has 3 aromatic carbocycles. The predicted molar refractivity (Wildman–Crippen MR) is 162 cm³/mol. The number of rotatable bonds is 8. The average molecular weight is 575 g/mol. The Morgan fingerprint density at radius 1 is 0.902 bits per heavy atom. The quantitative estimate of drug-likeness (QED) is 0.262. The summed E-state index contributed by atoms with van der Waals surface area (Å²) < 4.78 is 32.7. The zero-order chi connectivity index (χ0) is 29.3. The van der Waals surface area contributed by atoms with Crippen molar-refractivity contribution in [3.8, 4) is 0 Å². The number of carbonyl (C=O) groups is 1. The lowest BCUT2D eigenvalue weighted by atomic mass is 9.79. The van der Waals surface area contributed by atoms with Gasteiger partial charge in [0.25, 0.3) is 8.32 Å². The van der Waals surface area contributed by atoms with E-state index >= 15 is 0 Å². The molecular weight excluding hydrogens is 532 g/mol. The van der Waals surface area contributed by atoms with Crippen LogP contribution in [0.25, 0.3) is 0 Å². The molecule has 1 aliphatic heterocycles. The van der Waals surface area contributed by atoms with Gasteiger partial charge in [0, 0.05) is 7.11 Å². The van der Waals surface area contributed by atoms with Gasteiger partial charge in [0.2, 0.25) is 0 Å². The largest absolute Gasteiger partial charge is 0.456 e. The first-order valence-electron chi connectivity index (χ1n) is 14.4. The minimum absolute atomic E-state index is 0.181. The molecule has 1 saturated carbocycles. The average Bonchev–Trinajstić information content (AvgIpc) is 3.24. The van der Waals surface area contributed by atoms with Gasteiger partial charge in [-0.3, -0.25) is 0 Å². The van der Waals surface area contributed by atoms with Crippen LogP contribution in [0.5, 0.6) is 0 Å². The molecule has 2 fully saturated rings. The third kappa shape index (κ3) is 5.66. The molecule has 41 heavy (non-hydrogen) atoms. The monoisotopic (exact) mass is 574 g/mol. The van der Waals surface area contributed by atoms with Gasteiger partial charge in [-0.1, -0.05) is 99.6 Å². The molecule has 7 heteroatoms. The number of esters is 1. The van der Waals surface area contributed by atoms with Gasteiger partial charge >= 0.3 is 5.97 Å². The van der Waals surface area contributed by atoms with Gasteiger partial charge in [0.1, 0.15) is 23.9 Å². The molecule has 3 aromatic rings. The summed E-state index contributed by atoms with van der Waals surface area (Å²) in [5.74, 6) is -1.22. The van der Waals surface area contributed by atoms with Gasteiger partial charge in [0.15, 0.2) is 5.79 Å². The molecule has 0 spiro atoms. The van der Waals surface area contributed by atoms with E-state index in [4.69, 9.17) is 23.4 Å². The van der Waals surface area contributed by atoms with Crippen LogP contribution in [0.2, 0.25) is 5.04 Å². The van der Waals surface area contributed by atoms with E-state index in [0.717, 1.165) is 0 Å². The predicted octanol–water partition coefficient (Wildman–Crippen LogP) is 5.49. The lowest BCUT2D eigenvalue weighted by molar-refractivity contribution is -0.170. The van der Waals surface area contributed by atoms with E-state index in [1.54, 1.807) is 19.2 Å². The van der Waals surface area contributed by atoms with Gasteiger partial charge in [-0.2, -0.15) is 0 Å². The van der Waals surface area contributed by atoms with Crippen LogP contribution in [0.3, 0.4) is 0 Å². The van der Waals surface area contributed by atoms with Crippen LogP contribution in [0, 0.1) is 0 Å². The van der Waals surface area contributed by atoms with Crippen LogP contribution in [0.1, 0.15) is 57.8 Å². The van der Waals surface area contributed by atoms with Crippen molar-refractivity contribution in [1.82, 2.24) is 0 Å². The van der Waals surface area contributed by atoms with Crippen LogP contribution in [0.4, 0.5) is 0 Å². The Kier molecular flexibility index (Phi) is 8.29. The van der Waals surface area contributed by atoms with Gasteiger partial charge < -0.3 is 23.4 Å². The first kappa shape index (κ1) is 29.7. The Balaban J connectivity index is 1.49. The molecule has 4 atom stereocenters. The van der Waals surface area contributed by atoms with Crippen LogP contribution in [-0.4, -0.2) is 57.7 Å². The zero-order valence-corrected chi connectivity index (χ0v) is 26.0. The second-order valence-corrected chi connectivity index (χ2v) is 16.9. The van der Waals surface area contributed by atoms with Crippen molar-refractivity contribution in [1.29, 1.82) is 0 Å². The fourth-order valence-corrected chi connectivity index (χ4v) is 11.3. The highest BCUT2D eigenvalue weighted by Crippen LogP contribution is 2.48. The number of benzene rings is 3. The Labute approximate surface area is 245 Å². The molecule has 5 rings (SSSR count). The van der Waals surface area contributed by atoms with E-state index < -0.39 is 38.0 Å². The summed E-state index contributed by atoms with van der Waals surface area (Å²) in [5.41, 5.74) is -0.259. The zero-order valence-electron chi connectivity index (χ0n) is 25.0. The maximum absolute atomic E-state index is 13.0. The van der Waals surface area contributed by atoms with E-state index in [-0.39, 0.29) is 11.0 Å². The molecular formula is C34H42O6Si. The molecule has 6 nitrogen and oxygen atoms in total. The highest BCUT2D eigenvalue weighted by atomic mass is 28.4. The van der Waals surface area contributed by atoms with Gasteiger partial charge in [-0.25, -0.2) is 4.79 Å². The minimum Gasteiger partial charge on any atom is -0.456 e. The molecule has 0 amide bonds. The highest BCUT2D eigenvalue weighted by molar-refractivity contribution is 6.99. The highest BCUT2D eigenvalue weighted by Gasteiger charge is 2.62. The Morgan fingerprint density at radius 3 is 1.95 bits per heavy atom. The van der Waals surface area contributed by atoms with E-state index in [0.29, 0.717) is 25.0 Å². The Morgan fingerprint density at radius 2 is 1.44 bits per heavy atom. The molecule has 1 aliphatic carbocycles. The van der Waals surface area contributed by atoms with Gasteiger partial charge in [-0.05, 0) is 54.2 Å². The van der Waals surface area contributed by atoms with E-state index in [9.17, 15) is 4.79 Å². The summed E-state index contributed by atoms with van der Waals surface area (Å²) in [6.07, 6.45) is -0.302. The second kappa shape index (κ2) is 11.5. The van der Waals surface area contributed by atoms with Crippen LogP contribution in [-0.2, 0) is 23.4 Å². The smallest absolute Gasteiger partial charge is 0.338 e. The third-order valence-corrected chi connectivity index (χ3v) is 13.4. The number of hydrogen-bond donors (Lipinski definition) is 0. The van der Waals surface area contributed by atoms with Crippen molar-refractivity contribution in [3.63, 3.8) is 0 Å². The van der Waals surface area contributed by atoms with E-state index in [2.05, 4.69) is 69.3 Å². The van der Waals surface area contributed by atoms with Gasteiger partial charge in [-0.15, -0.1) is 0 Å². The number of carbonyl (C=O) groups excluding carboxylic acids is 1. The molecule has 0 N–H and O–H groups in total. The molecule has 0 aromatic heterocycles. The van der Waals surface area contributed by atoms with E-state index in [1.807, 2.05) is 44.2 Å². The minimum atomic E-state index is -2.83. The maximum atomic E-state index is 13.0. The normalized spacial score (nSPS) is 25.9. The first-order valence-corrected chi connectivity index (χ1v) is 16.3. The lowest BCUT2D eigenvalue weighted by Crippen LogP contribution is -2.69. The molecule has 0 unspecified atom stereocenters. The number of methoxy groups -OCH3 is 1. The van der Waals surface area contributed by atoms with Crippen molar-refractivity contribution in [2.24, 2.45) is 0 Å². The molecule has 218 valence electrons. The SMILES string of the molecule is CO[C@@H]1[C@H](OC(=O)c2ccccc2)CC[C@@]2(CO[Si](c3ccccc3)(c3ccccc3)C(C)(C)C)OC(C)(C)O[C@@H]12.